The number of nitrogens with one attached hydrogen (secondary N) is 1. The Kier molecular flexibility index (Phi) is 4.67. The molecular formula is C19H27N5O2. The highest BCUT2D eigenvalue weighted by Gasteiger charge is 2.37. The SMILES string of the molecule is COc1c(C)cnc(CN2C[C@H](OC)C[C@H]2c2nc(C3CC3)n[nH]2)c1C. The Bertz CT molecular complexity index is 786. The van der Waals surface area contributed by atoms with Gasteiger partial charge in [0.15, 0.2) is 5.82 Å². The van der Waals surface area contributed by atoms with Crippen LogP contribution in [0.4, 0.5) is 0 Å². The van der Waals surface area contributed by atoms with Crippen molar-refractivity contribution in [1.82, 2.24) is 25.1 Å². The topological polar surface area (TPSA) is 76.2 Å². The van der Waals surface area contributed by atoms with E-state index in [-0.39, 0.29) is 12.1 Å². The second-order valence-corrected chi connectivity index (χ2v) is 7.44. The van der Waals surface area contributed by atoms with Crippen molar-refractivity contribution in [2.24, 2.45) is 0 Å². The van der Waals surface area contributed by atoms with Crippen LogP contribution in [0.15, 0.2) is 6.20 Å². The Labute approximate surface area is 154 Å². The van der Waals surface area contributed by atoms with Gasteiger partial charge in [0, 0.05) is 43.4 Å². The van der Waals surface area contributed by atoms with Crippen molar-refractivity contribution in [3.8, 4) is 5.75 Å². The molecule has 2 atom stereocenters. The first kappa shape index (κ1) is 17.4. The smallest absolute Gasteiger partial charge is 0.153 e. The number of likely N-dealkylation sites (tertiary alicyclic amines) is 1. The van der Waals surface area contributed by atoms with Crippen LogP contribution in [0.2, 0.25) is 0 Å². The van der Waals surface area contributed by atoms with Crippen LogP contribution >= 0.6 is 0 Å². The molecule has 3 heterocycles. The van der Waals surface area contributed by atoms with Crippen LogP contribution in [0.3, 0.4) is 0 Å². The fourth-order valence-corrected chi connectivity index (χ4v) is 3.88. The summed E-state index contributed by atoms with van der Waals surface area (Å²) in [6, 6.07) is 0.174. The van der Waals surface area contributed by atoms with Gasteiger partial charge >= 0.3 is 0 Å². The fraction of sp³-hybridized carbons (Fsp3) is 0.632. The Balaban J connectivity index is 1.58. The summed E-state index contributed by atoms with van der Waals surface area (Å²) in [5.74, 6) is 3.39. The maximum Gasteiger partial charge on any atom is 0.153 e. The molecule has 0 spiro atoms. The van der Waals surface area contributed by atoms with Crippen molar-refractivity contribution in [2.45, 2.75) is 57.7 Å². The van der Waals surface area contributed by atoms with Gasteiger partial charge in [0.1, 0.15) is 11.6 Å². The summed E-state index contributed by atoms with van der Waals surface area (Å²) in [5, 5.41) is 7.60. The van der Waals surface area contributed by atoms with Crippen LogP contribution < -0.4 is 4.74 Å². The van der Waals surface area contributed by atoms with Crippen LogP contribution in [0.5, 0.6) is 5.75 Å². The van der Waals surface area contributed by atoms with Gasteiger partial charge in [-0.2, -0.15) is 5.10 Å². The lowest BCUT2D eigenvalue weighted by Gasteiger charge is -2.23. The van der Waals surface area contributed by atoms with Gasteiger partial charge in [0.2, 0.25) is 0 Å². The average Bonchev–Trinajstić information content (AvgIpc) is 3.23. The molecule has 7 heteroatoms. The Morgan fingerprint density at radius 2 is 2.08 bits per heavy atom. The minimum atomic E-state index is 0.174. The largest absolute Gasteiger partial charge is 0.496 e. The van der Waals surface area contributed by atoms with Crippen molar-refractivity contribution in [1.29, 1.82) is 0 Å². The Morgan fingerprint density at radius 3 is 2.77 bits per heavy atom. The molecule has 0 bridgehead atoms. The molecule has 2 fully saturated rings. The molecule has 0 unspecified atom stereocenters. The molecule has 0 radical (unpaired) electrons. The molecule has 1 saturated heterocycles. The minimum Gasteiger partial charge on any atom is -0.496 e. The van der Waals surface area contributed by atoms with Gasteiger partial charge in [0.05, 0.1) is 24.9 Å². The van der Waals surface area contributed by atoms with E-state index in [1.54, 1.807) is 14.2 Å². The van der Waals surface area contributed by atoms with E-state index in [9.17, 15) is 0 Å². The molecule has 1 N–H and O–H groups in total. The number of nitrogens with zero attached hydrogens (tertiary/aromatic N) is 4. The monoisotopic (exact) mass is 357 g/mol. The molecule has 7 nitrogen and oxygen atoms in total. The molecule has 0 aromatic carbocycles. The fourth-order valence-electron chi connectivity index (χ4n) is 3.88. The van der Waals surface area contributed by atoms with E-state index in [2.05, 4.69) is 27.0 Å². The lowest BCUT2D eigenvalue weighted by atomic mass is 10.1. The second-order valence-electron chi connectivity index (χ2n) is 7.44. The average molecular weight is 357 g/mol. The summed E-state index contributed by atoms with van der Waals surface area (Å²) in [6.07, 6.45) is 5.41. The molecule has 2 aromatic heterocycles. The number of aromatic amines is 1. The number of aromatic nitrogens is 4. The summed E-state index contributed by atoms with van der Waals surface area (Å²) in [6.45, 7) is 5.70. The molecule has 26 heavy (non-hydrogen) atoms. The van der Waals surface area contributed by atoms with Crippen molar-refractivity contribution in [2.75, 3.05) is 20.8 Å². The maximum atomic E-state index is 5.64. The number of hydrogen-bond acceptors (Lipinski definition) is 6. The zero-order chi connectivity index (χ0) is 18.3. The van der Waals surface area contributed by atoms with Gasteiger partial charge in [-0.25, -0.2) is 4.98 Å². The minimum absolute atomic E-state index is 0.174. The van der Waals surface area contributed by atoms with Gasteiger partial charge in [-0.3, -0.25) is 15.0 Å². The highest BCUT2D eigenvalue weighted by molar-refractivity contribution is 5.41. The van der Waals surface area contributed by atoms with Gasteiger partial charge in [-0.1, -0.05) is 0 Å². The number of H-pyrrole nitrogens is 1. The molecule has 140 valence electrons. The van der Waals surface area contributed by atoms with E-state index in [0.29, 0.717) is 5.92 Å². The lowest BCUT2D eigenvalue weighted by Crippen LogP contribution is -2.26. The number of rotatable bonds is 6. The van der Waals surface area contributed by atoms with Crippen molar-refractivity contribution >= 4 is 0 Å². The first-order chi connectivity index (χ1) is 12.6. The van der Waals surface area contributed by atoms with Crippen LogP contribution in [-0.4, -0.2) is 51.9 Å². The van der Waals surface area contributed by atoms with Gasteiger partial charge in [-0.05, 0) is 33.1 Å². The Morgan fingerprint density at radius 1 is 1.27 bits per heavy atom. The maximum absolute atomic E-state index is 5.64. The molecule has 1 aliphatic heterocycles. The van der Waals surface area contributed by atoms with Crippen molar-refractivity contribution in [3.63, 3.8) is 0 Å². The van der Waals surface area contributed by atoms with Gasteiger partial charge < -0.3 is 9.47 Å². The van der Waals surface area contributed by atoms with E-state index in [0.717, 1.165) is 53.7 Å². The van der Waals surface area contributed by atoms with E-state index in [1.165, 1.54) is 12.8 Å². The molecule has 2 aliphatic rings. The lowest BCUT2D eigenvalue weighted by molar-refractivity contribution is 0.107. The Hall–Kier alpha value is -1.99. The first-order valence-electron chi connectivity index (χ1n) is 9.28. The standard InChI is InChI=1S/C19H27N5O2/c1-11-8-20-15(12(2)17(11)26-4)10-24-9-14(25-3)7-16(24)19-21-18(22-23-19)13-5-6-13/h8,13-14,16H,5-7,9-10H2,1-4H3,(H,21,22,23)/t14-,16+/m1/s1. The highest BCUT2D eigenvalue weighted by atomic mass is 16.5. The summed E-state index contributed by atoms with van der Waals surface area (Å²) >= 11 is 0. The summed E-state index contributed by atoms with van der Waals surface area (Å²) in [7, 11) is 3.49. The third kappa shape index (κ3) is 3.21. The molecule has 2 aromatic rings. The van der Waals surface area contributed by atoms with Gasteiger partial charge in [0.25, 0.3) is 0 Å². The summed E-state index contributed by atoms with van der Waals surface area (Å²) < 4.78 is 11.2. The molecule has 1 aliphatic carbocycles. The number of pyridine rings is 1. The van der Waals surface area contributed by atoms with E-state index >= 15 is 0 Å². The second kappa shape index (κ2) is 6.96. The zero-order valence-corrected chi connectivity index (χ0v) is 16.0. The molecule has 4 rings (SSSR count). The number of ether oxygens (including phenoxy) is 2. The first-order valence-corrected chi connectivity index (χ1v) is 9.28. The summed E-state index contributed by atoms with van der Waals surface area (Å²) in [4.78, 5) is 11.8. The van der Waals surface area contributed by atoms with E-state index < -0.39 is 0 Å². The van der Waals surface area contributed by atoms with Crippen molar-refractivity contribution in [3.05, 3.63) is 34.7 Å². The van der Waals surface area contributed by atoms with Crippen LogP contribution in [0, 0.1) is 13.8 Å². The number of methoxy groups -OCH3 is 2. The number of aryl methyl sites for hydroxylation is 1. The third-order valence-corrected chi connectivity index (χ3v) is 5.58. The predicted octanol–water partition coefficient (Wildman–Crippen LogP) is 2.66. The molecule has 1 saturated carbocycles. The quantitative estimate of drug-likeness (QED) is 0.856. The highest BCUT2D eigenvalue weighted by Crippen LogP contribution is 2.39. The number of hydrogen-bond donors (Lipinski definition) is 1. The predicted molar refractivity (Wildman–Crippen MR) is 97.2 cm³/mol. The molecular weight excluding hydrogens is 330 g/mol. The normalized spacial score (nSPS) is 23.5. The van der Waals surface area contributed by atoms with E-state index in [4.69, 9.17) is 14.5 Å². The summed E-state index contributed by atoms with van der Waals surface area (Å²) in [5.41, 5.74) is 3.20. The third-order valence-electron chi connectivity index (χ3n) is 5.58. The van der Waals surface area contributed by atoms with Gasteiger partial charge in [-0.15, -0.1) is 0 Å². The molecule has 0 amide bonds. The van der Waals surface area contributed by atoms with E-state index in [1.807, 2.05) is 13.1 Å². The van der Waals surface area contributed by atoms with Crippen LogP contribution in [-0.2, 0) is 11.3 Å². The van der Waals surface area contributed by atoms with Crippen LogP contribution in [0.1, 0.15) is 59.7 Å². The zero-order valence-electron chi connectivity index (χ0n) is 16.0. The van der Waals surface area contributed by atoms with Crippen molar-refractivity contribution < 1.29 is 9.47 Å². The van der Waals surface area contributed by atoms with Crippen LogP contribution in [0.25, 0.3) is 0 Å².